The number of rotatable bonds is 8. The SMILES string of the molecule is CNCC(CCOCc1ccccc1)C(C)C. The summed E-state index contributed by atoms with van der Waals surface area (Å²) in [5.74, 6) is 1.42. The summed E-state index contributed by atoms with van der Waals surface area (Å²) < 4.78 is 5.72. The zero-order valence-electron chi connectivity index (χ0n) is 11.3. The molecule has 0 amide bonds. The van der Waals surface area contributed by atoms with Crippen molar-refractivity contribution < 1.29 is 4.74 Å². The molecule has 17 heavy (non-hydrogen) atoms. The van der Waals surface area contributed by atoms with Crippen LogP contribution in [-0.4, -0.2) is 20.2 Å². The molecule has 0 bridgehead atoms. The molecule has 1 unspecified atom stereocenters. The summed E-state index contributed by atoms with van der Waals surface area (Å²) >= 11 is 0. The Morgan fingerprint density at radius 2 is 1.88 bits per heavy atom. The van der Waals surface area contributed by atoms with Gasteiger partial charge in [-0.25, -0.2) is 0 Å². The van der Waals surface area contributed by atoms with Gasteiger partial charge in [-0.05, 0) is 37.4 Å². The van der Waals surface area contributed by atoms with E-state index in [-0.39, 0.29) is 0 Å². The van der Waals surface area contributed by atoms with Crippen LogP contribution in [0, 0.1) is 11.8 Å². The van der Waals surface area contributed by atoms with Gasteiger partial charge in [0.15, 0.2) is 0 Å². The second-order valence-electron chi connectivity index (χ2n) is 4.89. The van der Waals surface area contributed by atoms with Gasteiger partial charge in [0.2, 0.25) is 0 Å². The number of hydrogen-bond donors (Lipinski definition) is 1. The molecule has 0 fully saturated rings. The minimum Gasteiger partial charge on any atom is -0.377 e. The van der Waals surface area contributed by atoms with E-state index < -0.39 is 0 Å². The van der Waals surface area contributed by atoms with E-state index in [4.69, 9.17) is 4.74 Å². The first-order valence-corrected chi connectivity index (χ1v) is 6.50. The van der Waals surface area contributed by atoms with Crippen LogP contribution in [0.4, 0.5) is 0 Å². The fraction of sp³-hybridized carbons (Fsp3) is 0.600. The van der Waals surface area contributed by atoms with Crippen LogP contribution in [-0.2, 0) is 11.3 Å². The zero-order chi connectivity index (χ0) is 12.5. The van der Waals surface area contributed by atoms with E-state index in [2.05, 4.69) is 43.4 Å². The molecule has 0 heterocycles. The van der Waals surface area contributed by atoms with Gasteiger partial charge in [-0.3, -0.25) is 0 Å². The first-order valence-electron chi connectivity index (χ1n) is 6.50. The van der Waals surface area contributed by atoms with Gasteiger partial charge in [-0.1, -0.05) is 44.2 Å². The molecule has 0 spiro atoms. The van der Waals surface area contributed by atoms with Gasteiger partial charge < -0.3 is 10.1 Å². The number of ether oxygens (including phenoxy) is 1. The van der Waals surface area contributed by atoms with Crippen molar-refractivity contribution in [3.05, 3.63) is 35.9 Å². The number of nitrogens with one attached hydrogen (secondary N) is 1. The van der Waals surface area contributed by atoms with Crippen molar-refractivity contribution in [2.24, 2.45) is 11.8 Å². The molecule has 0 aliphatic heterocycles. The highest BCUT2D eigenvalue weighted by molar-refractivity contribution is 5.13. The lowest BCUT2D eigenvalue weighted by Gasteiger charge is -2.20. The summed E-state index contributed by atoms with van der Waals surface area (Å²) in [5, 5.41) is 3.25. The smallest absolute Gasteiger partial charge is 0.0716 e. The molecule has 1 N–H and O–H groups in total. The second-order valence-corrected chi connectivity index (χ2v) is 4.89. The van der Waals surface area contributed by atoms with Crippen molar-refractivity contribution in [2.75, 3.05) is 20.2 Å². The predicted molar refractivity (Wildman–Crippen MR) is 73.0 cm³/mol. The Morgan fingerprint density at radius 3 is 2.47 bits per heavy atom. The maximum atomic E-state index is 5.72. The van der Waals surface area contributed by atoms with Gasteiger partial charge in [0.1, 0.15) is 0 Å². The van der Waals surface area contributed by atoms with Crippen molar-refractivity contribution in [1.82, 2.24) is 5.32 Å². The molecule has 0 aliphatic carbocycles. The molecule has 1 aromatic carbocycles. The molecule has 0 saturated carbocycles. The average molecular weight is 235 g/mol. The van der Waals surface area contributed by atoms with Crippen molar-refractivity contribution >= 4 is 0 Å². The Hall–Kier alpha value is -0.860. The lowest BCUT2D eigenvalue weighted by atomic mass is 9.93. The Morgan fingerprint density at radius 1 is 1.18 bits per heavy atom. The normalized spacial score (nSPS) is 12.9. The quantitative estimate of drug-likeness (QED) is 0.699. The molecule has 1 rings (SSSR count). The third-order valence-electron chi connectivity index (χ3n) is 3.15. The van der Waals surface area contributed by atoms with E-state index in [0.29, 0.717) is 11.8 Å². The second kappa shape index (κ2) is 8.26. The summed E-state index contributed by atoms with van der Waals surface area (Å²) in [6.45, 7) is 7.20. The molecule has 0 aliphatic rings. The van der Waals surface area contributed by atoms with E-state index >= 15 is 0 Å². The number of hydrogen-bond acceptors (Lipinski definition) is 2. The van der Waals surface area contributed by atoms with Crippen LogP contribution in [0.2, 0.25) is 0 Å². The van der Waals surface area contributed by atoms with Crippen molar-refractivity contribution in [3.63, 3.8) is 0 Å². The van der Waals surface area contributed by atoms with Gasteiger partial charge in [0, 0.05) is 6.61 Å². The maximum Gasteiger partial charge on any atom is 0.0716 e. The fourth-order valence-electron chi connectivity index (χ4n) is 1.93. The molecule has 0 radical (unpaired) electrons. The van der Waals surface area contributed by atoms with Crippen LogP contribution in [0.1, 0.15) is 25.8 Å². The maximum absolute atomic E-state index is 5.72. The minimum atomic E-state index is 0.704. The molecule has 96 valence electrons. The summed E-state index contributed by atoms with van der Waals surface area (Å²) in [4.78, 5) is 0. The molecule has 0 aromatic heterocycles. The van der Waals surface area contributed by atoms with Gasteiger partial charge >= 0.3 is 0 Å². The van der Waals surface area contributed by atoms with E-state index in [1.807, 2.05) is 13.1 Å². The van der Waals surface area contributed by atoms with Crippen LogP contribution in [0.25, 0.3) is 0 Å². The van der Waals surface area contributed by atoms with E-state index in [9.17, 15) is 0 Å². The first-order chi connectivity index (χ1) is 8.24. The zero-order valence-corrected chi connectivity index (χ0v) is 11.3. The lowest BCUT2D eigenvalue weighted by Crippen LogP contribution is -2.24. The van der Waals surface area contributed by atoms with Crippen LogP contribution in [0.5, 0.6) is 0 Å². The summed E-state index contributed by atoms with van der Waals surface area (Å²) in [5.41, 5.74) is 1.25. The minimum absolute atomic E-state index is 0.704. The van der Waals surface area contributed by atoms with E-state index in [1.54, 1.807) is 0 Å². The van der Waals surface area contributed by atoms with Crippen molar-refractivity contribution in [1.29, 1.82) is 0 Å². The Bertz CT molecular complexity index is 284. The van der Waals surface area contributed by atoms with Crippen LogP contribution in [0.15, 0.2) is 30.3 Å². The molecular weight excluding hydrogens is 210 g/mol. The van der Waals surface area contributed by atoms with Gasteiger partial charge in [-0.2, -0.15) is 0 Å². The third-order valence-corrected chi connectivity index (χ3v) is 3.15. The third kappa shape index (κ3) is 5.85. The fourth-order valence-corrected chi connectivity index (χ4v) is 1.93. The molecular formula is C15H25NO. The highest BCUT2D eigenvalue weighted by Crippen LogP contribution is 2.14. The Balaban J connectivity index is 2.18. The Labute approximate surface area is 105 Å². The topological polar surface area (TPSA) is 21.3 Å². The van der Waals surface area contributed by atoms with Crippen molar-refractivity contribution in [3.8, 4) is 0 Å². The lowest BCUT2D eigenvalue weighted by molar-refractivity contribution is 0.101. The molecule has 1 aromatic rings. The number of benzene rings is 1. The molecule has 0 saturated heterocycles. The molecule has 2 nitrogen and oxygen atoms in total. The van der Waals surface area contributed by atoms with Crippen molar-refractivity contribution in [2.45, 2.75) is 26.9 Å². The highest BCUT2D eigenvalue weighted by Gasteiger charge is 2.11. The standard InChI is InChI=1S/C15H25NO/c1-13(2)15(11-16-3)9-10-17-12-14-7-5-4-6-8-14/h4-8,13,15-16H,9-12H2,1-3H3. The molecule has 2 heteroatoms. The highest BCUT2D eigenvalue weighted by atomic mass is 16.5. The summed E-state index contributed by atoms with van der Waals surface area (Å²) in [7, 11) is 2.01. The monoisotopic (exact) mass is 235 g/mol. The largest absolute Gasteiger partial charge is 0.377 e. The Kier molecular flexibility index (Phi) is 6.90. The van der Waals surface area contributed by atoms with Crippen LogP contribution < -0.4 is 5.32 Å². The van der Waals surface area contributed by atoms with Crippen LogP contribution in [0.3, 0.4) is 0 Å². The van der Waals surface area contributed by atoms with Gasteiger partial charge in [0.25, 0.3) is 0 Å². The predicted octanol–water partition coefficient (Wildman–Crippen LogP) is 3.08. The van der Waals surface area contributed by atoms with Gasteiger partial charge in [0.05, 0.1) is 6.61 Å². The average Bonchev–Trinajstić information content (AvgIpc) is 2.34. The summed E-state index contributed by atoms with van der Waals surface area (Å²) in [6.07, 6.45) is 1.13. The first kappa shape index (κ1) is 14.2. The van der Waals surface area contributed by atoms with E-state index in [0.717, 1.165) is 26.2 Å². The van der Waals surface area contributed by atoms with Gasteiger partial charge in [-0.15, -0.1) is 0 Å². The van der Waals surface area contributed by atoms with Crippen LogP contribution >= 0.6 is 0 Å². The summed E-state index contributed by atoms with van der Waals surface area (Å²) in [6, 6.07) is 10.3. The van der Waals surface area contributed by atoms with E-state index in [1.165, 1.54) is 5.56 Å². The molecule has 1 atom stereocenters.